The van der Waals surface area contributed by atoms with Crippen molar-refractivity contribution in [2.24, 2.45) is 0 Å². The molecule has 5 rings (SSSR count). The highest BCUT2D eigenvalue weighted by atomic mass is 19.3. The van der Waals surface area contributed by atoms with Crippen molar-refractivity contribution < 1.29 is 18.3 Å². The van der Waals surface area contributed by atoms with E-state index >= 15 is 0 Å². The number of nitrogens with one attached hydrogen (secondary N) is 1. The Morgan fingerprint density at radius 2 is 2.00 bits per heavy atom. The van der Waals surface area contributed by atoms with Crippen LogP contribution in [-0.2, 0) is 11.2 Å². The zero-order valence-electron chi connectivity index (χ0n) is 19.5. The van der Waals surface area contributed by atoms with Crippen LogP contribution in [0.25, 0.3) is 11.4 Å². The molecule has 1 saturated heterocycles. The fourth-order valence-electron chi connectivity index (χ4n) is 4.89. The molecular weight excluding hydrogens is 454 g/mol. The van der Waals surface area contributed by atoms with Gasteiger partial charge in [-0.15, -0.1) is 0 Å². The number of likely N-dealkylation sites (tertiary alicyclic amines) is 1. The fourth-order valence-corrected chi connectivity index (χ4v) is 4.89. The lowest BCUT2D eigenvalue weighted by atomic mass is 9.86. The van der Waals surface area contributed by atoms with Crippen LogP contribution >= 0.6 is 0 Å². The first-order valence-electron chi connectivity index (χ1n) is 11.6. The molecule has 1 N–H and O–H groups in total. The van der Waals surface area contributed by atoms with Crippen LogP contribution in [0, 0.1) is 6.92 Å². The molecule has 3 aromatic rings. The molecule has 2 aliphatic rings. The Balaban J connectivity index is 1.28. The van der Waals surface area contributed by atoms with E-state index in [1.807, 2.05) is 11.8 Å². The molecular formula is C25H26F2N6O2. The summed E-state index contributed by atoms with van der Waals surface area (Å²) >= 11 is 0. The van der Waals surface area contributed by atoms with Gasteiger partial charge in [-0.2, -0.15) is 8.78 Å². The summed E-state index contributed by atoms with van der Waals surface area (Å²) in [6, 6.07) is 6.87. The molecule has 2 aliphatic heterocycles. The summed E-state index contributed by atoms with van der Waals surface area (Å²) in [6.45, 7) is 2.05. The van der Waals surface area contributed by atoms with E-state index in [0.29, 0.717) is 24.5 Å². The monoisotopic (exact) mass is 480 g/mol. The Kier molecular flexibility index (Phi) is 6.04. The maximum absolute atomic E-state index is 13.2. The van der Waals surface area contributed by atoms with Gasteiger partial charge in [0.1, 0.15) is 5.82 Å². The first-order chi connectivity index (χ1) is 16.8. The largest absolute Gasteiger partial charge is 0.417 e. The second-order valence-corrected chi connectivity index (χ2v) is 9.15. The van der Waals surface area contributed by atoms with E-state index in [2.05, 4.69) is 31.1 Å². The molecule has 0 radical (unpaired) electrons. The van der Waals surface area contributed by atoms with Gasteiger partial charge in [0.2, 0.25) is 11.8 Å². The Morgan fingerprint density at radius 1 is 1.20 bits per heavy atom. The van der Waals surface area contributed by atoms with E-state index in [4.69, 9.17) is 4.98 Å². The number of aryl methyl sites for hydroxylation is 2. The van der Waals surface area contributed by atoms with Crippen molar-refractivity contribution in [1.29, 1.82) is 0 Å². The third-order valence-electron chi connectivity index (χ3n) is 6.86. The van der Waals surface area contributed by atoms with Crippen molar-refractivity contribution in [1.82, 2.24) is 24.8 Å². The number of nitrogens with zero attached hydrogens (tertiary/aromatic N) is 5. The Morgan fingerprint density at radius 3 is 2.71 bits per heavy atom. The molecule has 8 nitrogen and oxygen atoms in total. The highest BCUT2D eigenvalue weighted by Crippen LogP contribution is 2.38. The van der Waals surface area contributed by atoms with Crippen molar-refractivity contribution in [3.05, 3.63) is 59.7 Å². The van der Waals surface area contributed by atoms with Crippen LogP contribution in [0.1, 0.15) is 42.5 Å². The molecule has 0 unspecified atom stereocenters. The Labute approximate surface area is 201 Å². The average molecular weight is 481 g/mol. The number of anilines is 1. The standard InChI is InChI=1S/C25H26F2N6O2/c1-15(18-4-5-20(30-13-18)35-24(26)27)23(34)33-11-8-25(14-33)7-6-17-12-19(16(2)31-21(17)32-25)22-28-9-3-10-29-22/h3-5,9-10,12-13,15,24H,6-8,11,14H2,1-2H3,(H,31,32)/t15-,25-/m0/s1. The molecule has 0 aromatic carbocycles. The summed E-state index contributed by atoms with van der Waals surface area (Å²) in [5.41, 5.74) is 3.34. The van der Waals surface area contributed by atoms with Gasteiger partial charge in [0.25, 0.3) is 0 Å². The summed E-state index contributed by atoms with van der Waals surface area (Å²) in [7, 11) is 0. The Bertz CT molecular complexity index is 1220. The van der Waals surface area contributed by atoms with Gasteiger partial charge in [0.15, 0.2) is 5.82 Å². The second kappa shape index (κ2) is 9.16. The van der Waals surface area contributed by atoms with Crippen molar-refractivity contribution in [2.75, 3.05) is 18.4 Å². The fraction of sp³-hybridized carbons (Fsp3) is 0.400. The lowest BCUT2D eigenvalue weighted by molar-refractivity contribution is -0.131. The lowest BCUT2D eigenvalue weighted by Crippen LogP contribution is -2.46. The van der Waals surface area contributed by atoms with E-state index in [1.54, 1.807) is 31.5 Å². The summed E-state index contributed by atoms with van der Waals surface area (Å²) < 4.78 is 29.0. The Hall–Kier alpha value is -3.69. The molecule has 10 heteroatoms. The van der Waals surface area contributed by atoms with Crippen molar-refractivity contribution in [3.8, 4) is 17.3 Å². The van der Waals surface area contributed by atoms with Crippen LogP contribution in [0.15, 0.2) is 42.9 Å². The zero-order valence-corrected chi connectivity index (χ0v) is 19.5. The molecule has 3 aromatic heterocycles. The number of amides is 1. The molecule has 35 heavy (non-hydrogen) atoms. The van der Waals surface area contributed by atoms with Crippen molar-refractivity contribution in [2.45, 2.75) is 51.2 Å². The number of rotatable bonds is 5. The molecule has 1 amide bonds. The minimum Gasteiger partial charge on any atom is -0.417 e. The maximum Gasteiger partial charge on any atom is 0.388 e. The van der Waals surface area contributed by atoms with Crippen LogP contribution < -0.4 is 10.1 Å². The normalized spacial score (nSPS) is 20.0. The van der Waals surface area contributed by atoms with Gasteiger partial charge in [0, 0.05) is 43.3 Å². The number of fused-ring (bicyclic) bond motifs is 1. The van der Waals surface area contributed by atoms with Gasteiger partial charge in [-0.1, -0.05) is 6.07 Å². The molecule has 5 heterocycles. The molecule has 182 valence electrons. The first kappa shape index (κ1) is 23.1. The number of halogens is 2. The van der Waals surface area contributed by atoms with E-state index in [0.717, 1.165) is 41.9 Å². The number of alkyl halides is 2. The third-order valence-corrected chi connectivity index (χ3v) is 6.86. The van der Waals surface area contributed by atoms with E-state index < -0.39 is 12.5 Å². The second-order valence-electron chi connectivity index (χ2n) is 9.15. The zero-order chi connectivity index (χ0) is 24.6. The molecule has 1 fully saturated rings. The van der Waals surface area contributed by atoms with Crippen LogP contribution in [0.3, 0.4) is 0 Å². The number of carbonyl (C=O) groups is 1. The van der Waals surface area contributed by atoms with Gasteiger partial charge >= 0.3 is 6.61 Å². The number of hydrogen-bond acceptors (Lipinski definition) is 7. The summed E-state index contributed by atoms with van der Waals surface area (Å²) in [4.78, 5) is 32.5. The topological polar surface area (TPSA) is 93.1 Å². The molecule has 0 aliphatic carbocycles. The molecule has 0 bridgehead atoms. The number of carbonyl (C=O) groups excluding carboxylic acids is 1. The highest BCUT2D eigenvalue weighted by Gasteiger charge is 2.43. The van der Waals surface area contributed by atoms with Crippen molar-refractivity contribution in [3.63, 3.8) is 0 Å². The molecule has 0 saturated carbocycles. The van der Waals surface area contributed by atoms with Gasteiger partial charge in [-0.25, -0.2) is 19.9 Å². The van der Waals surface area contributed by atoms with Gasteiger partial charge < -0.3 is 15.0 Å². The first-order valence-corrected chi connectivity index (χ1v) is 11.6. The number of pyridine rings is 2. The minimum absolute atomic E-state index is 0.0143. The van der Waals surface area contributed by atoms with Gasteiger partial charge in [-0.05, 0) is 56.4 Å². The van der Waals surface area contributed by atoms with E-state index in [-0.39, 0.29) is 17.3 Å². The maximum atomic E-state index is 13.2. The summed E-state index contributed by atoms with van der Waals surface area (Å²) in [5.74, 6) is 0.894. The smallest absolute Gasteiger partial charge is 0.388 e. The third kappa shape index (κ3) is 4.65. The van der Waals surface area contributed by atoms with Crippen molar-refractivity contribution >= 4 is 11.7 Å². The van der Waals surface area contributed by atoms with Crippen LogP contribution in [0.4, 0.5) is 14.6 Å². The highest BCUT2D eigenvalue weighted by molar-refractivity contribution is 5.84. The van der Waals surface area contributed by atoms with Crippen LogP contribution in [0.2, 0.25) is 0 Å². The SMILES string of the molecule is Cc1nc2c(cc1-c1ncccn1)CC[C@@]1(CCN(C(=O)[C@@H](C)c3ccc(OC(F)F)nc3)C1)N2. The van der Waals surface area contributed by atoms with E-state index in [1.165, 1.54) is 12.3 Å². The summed E-state index contributed by atoms with van der Waals surface area (Å²) in [6.07, 6.45) is 7.43. The molecule has 1 spiro atoms. The van der Waals surface area contributed by atoms with Crippen LogP contribution in [-0.4, -0.2) is 56.0 Å². The quantitative estimate of drug-likeness (QED) is 0.591. The minimum atomic E-state index is -2.93. The number of aromatic nitrogens is 4. The predicted molar refractivity (Wildman–Crippen MR) is 125 cm³/mol. The molecule has 2 atom stereocenters. The average Bonchev–Trinajstić information content (AvgIpc) is 3.26. The lowest BCUT2D eigenvalue weighted by Gasteiger charge is -2.36. The van der Waals surface area contributed by atoms with E-state index in [9.17, 15) is 13.6 Å². The van der Waals surface area contributed by atoms with Crippen LogP contribution in [0.5, 0.6) is 5.88 Å². The van der Waals surface area contributed by atoms with Gasteiger partial charge in [-0.3, -0.25) is 4.79 Å². The summed E-state index contributed by atoms with van der Waals surface area (Å²) in [5, 5.41) is 3.64. The predicted octanol–water partition coefficient (Wildman–Crippen LogP) is 3.98. The number of ether oxygens (including phenoxy) is 1. The van der Waals surface area contributed by atoms with Gasteiger partial charge in [0.05, 0.1) is 17.2 Å². The number of hydrogen-bond donors (Lipinski definition) is 1.